The number of carbonyl (C=O) groups excluding carboxylic acids is 1. The number of amides is 1. The fraction of sp³-hybridized carbons (Fsp3) is 0.240. The van der Waals surface area contributed by atoms with Gasteiger partial charge in [-0.1, -0.05) is 18.2 Å². The first-order valence-electron chi connectivity index (χ1n) is 10.6. The Morgan fingerprint density at radius 3 is 2.70 bits per heavy atom. The maximum atomic E-state index is 13.3. The third-order valence-corrected chi connectivity index (χ3v) is 6.22. The molecule has 0 spiro atoms. The average molecular weight is 450 g/mol. The lowest BCUT2D eigenvalue weighted by Crippen LogP contribution is -2.38. The van der Waals surface area contributed by atoms with Crippen LogP contribution in [0.4, 0.5) is 13.2 Å². The number of aromatic nitrogens is 3. The first-order valence-corrected chi connectivity index (χ1v) is 10.6. The van der Waals surface area contributed by atoms with Gasteiger partial charge in [-0.15, -0.1) is 0 Å². The minimum Gasteiger partial charge on any atom is -0.330 e. The van der Waals surface area contributed by atoms with Crippen molar-refractivity contribution in [3.8, 4) is 11.3 Å². The first kappa shape index (κ1) is 21.2. The molecule has 1 aliphatic heterocycles. The van der Waals surface area contributed by atoms with Gasteiger partial charge < -0.3 is 4.90 Å². The topological polar surface area (TPSA) is 51.0 Å². The Balaban J connectivity index is 1.49. The highest BCUT2D eigenvalue weighted by Gasteiger charge is 2.35. The number of carbonyl (C=O) groups is 1. The van der Waals surface area contributed by atoms with E-state index in [2.05, 4.69) is 10.1 Å². The summed E-state index contributed by atoms with van der Waals surface area (Å²) in [5.74, 6) is -0.106. The van der Waals surface area contributed by atoms with E-state index in [0.717, 1.165) is 28.6 Å². The quantitative estimate of drug-likeness (QED) is 0.410. The van der Waals surface area contributed by atoms with E-state index in [1.807, 2.05) is 31.2 Å². The number of fused-ring (bicyclic) bond motifs is 2. The summed E-state index contributed by atoms with van der Waals surface area (Å²) >= 11 is 0. The number of nitrogens with zero attached hydrogens (tertiary/aromatic N) is 4. The predicted molar refractivity (Wildman–Crippen MR) is 119 cm³/mol. The van der Waals surface area contributed by atoms with Gasteiger partial charge in [-0.3, -0.25) is 14.5 Å². The van der Waals surface area contributed by atoms with Crippen LogP contribution in [0.1, 0.15) is 40.1 Å². The van der Waals surface area contributed by atoms with E-state index >= 15 is 0 Å². The van der Waals surface area contributed by atoms with Crippen molar-refractivity contribution in [3.63, 3.8) is 0 Å². The normalized spacial score (nSPS) is 16.2. The number of hydrogen-bond donors (Lipinski definition) is 0. The number of halogens is 3. The van der Waals surface area contributed by atoms with Gasteiger partial charge in [0.25, 0.3) is 5.91 Å². The molecule has 3 heterocycles. The van der Waals surface area contributed by atoms with Crippen LogP contribution in [0.25, 0.3) is 22.2 Å². The highest BCUT2D eigenvalue weighted by molar-refractivity contribution is 5.98. The number of aryl methyl sites for hydroxylation is 1. The second-order valence-corrected chi connectivity index (χ2v) is 8.25. The van der Waals surface area contributed by atoms with Gasteiger partial charge in [0.2, 0.25) is 0 Å². The molecule has 0 saturated carbocycles. The summed E-state index contributed by atoms with van der Waals surface area (Å²) in [5.41, 5.74) is 3.42. The Bertz CT molecular complexity index is 1380. The number of rotatable bonds is 2. The number of pyridine rings is 1. The molecule has 0 saturated heterocycles. The number of benzene rings is 2. The van der Waals surface area contributed by atoms with E-state index in [0.29, 0.717) is 35.5 Å². The zero-order valence-corrected chi connectivity index (χ0v) is 18.1. The number of alkyl halides is 3. The Hall–Kier alpha value is -3.68. The van der Waals surface area contributed by atoms with Crippen molar-refractivity contribution in [1.82, 2.24) is 19.7 Å². The number of hydrogen-bond acceptors (Lipinski definition) is 3. The van der Waals surface area contributed by atoms with Crippen LogP contribution >= 0.6 is 0 Å². The molecule has 1 atom stereocenters. The van der Waals surface area contributed by atoms with E-state index in [9.17, 15) is 18.0 Å². The van der Waals surface area contributed by atoms with Crippen LogP contribution in [0.15, 0.2) is 60.8 Å². The minimum absolute atomic E-state index is 0.106. The lowest BCUT2D eigenvalue weighted by molar-refractivity contribution is -0.137. The van der Waals surface area contributed by atoms with Gasteiger partial charge in [-0.2, -0.15) is 18.3 Å². The fourth-order valence-electron chi connectivity index (χ4n) is 4.60. The molecular formula is C25H21F3N4O. The lowest BCUT2D eigenvalue weighted by atomic mass is 9.94. The summed E-state index contributed by atoms with van der Waals surface area (Å²) in [4.78, 5) is 19.4. The molecule has 4 aromatic rings. The molecule has 2 aromatic carbocycles. The molecule has 0 radical (unpaired) electrons. The zero-order chi connectivity index (χ0) is 23.3. The van der Waals surface area contributed by atoms with Crippen LogP contribution < -0.4 is 0 Å². The summed E-state index contributed by atoms with van der Waals surface area (Å²) in [6.07, 6.45) is -2.19. The SMILES string of the molecule is C[C@H]1c2nn(C)c(-c3cccc(C(F)(F)F)c3)c2CCN1C(=O)c1ccc2ncccc2c1. The summed E-state index contributed by atoms with van der Waals surface area (Å²) in [6, 6.07) is 14.2. The summed E-state index contributed by atoms with van der Waals surface area (Å²) in [7, 11) is 1.73. The van der Waals surface area contributed by atoms with Gasteiger partial charge in [-0.25, -0.2) is 0 Å². The van der Waals surface area contributed by atoms with Crippen LogP contribution in [0.2, 0.25) is 0 Å². The molecule has 2 aromatic heterocycles. The first-order chi connectivity index (χ1) is 15.7. The van der Waals surface area contributed by atoms with Crippen molar-refractivity contribution in [2.45, 2.75) is 25.6 Å². The molecular weight excluding hydrogens is 429 g/mol. The average Bonchev–Trinajstić information content (AvgIpc) is 3.15. The Labute approximate surface area is 188 Å². The second kappa shape index (κ2) is 7.72. The minimum atomic E-state index is -4.42. The molecule has 0 N–H and O–H groups in total. The molecule has 5 rings (SSSR count). The van der Waals surface area contributed by atoms with E-state index in [1.54, 1.807) is 35.0 Å². The second-order valence-electron chi connectivity index (χ2n) is 8.25. The van der Waals surface area contributed by atoms with E-state index in [4.69, 9.17) is 0 Å². The van der Waals surface area contributed by atoms with Crippen molar-refractivity contribution in [1.29, 1.82) is 0 Å². The van der Waals surface area contributed by atoms with Crippen molar-refractivity contribution in [2.24, 2.45) is 7.05 Å². The monoisotopic (exact) mass is 450 g/mol. The van der Waals surface area contributed by atoms with Crippen LogP contribution in [0, 0.1) is 0 Å². The van der Waals surface area contributed by atoms with E-state index in [-0.39, 0.29) is 11.9 Å². The largest absolute Gasteiger partial charge is 0.416 e. The zero-order valence-electron chi connectivity index (χ0n) is 18.1. The van der Waals surface area contributed by atoms with Crippen molar-refractivity contribution in [2.75, 3.05) is 6.54 Å². The van der Waals surface area contributed by atoms with Crippen LogP contribution in [-0.2, 0) is 19.6 Å². The summed E-state index contributed by atoms with van der Waals surface area (Å²) < 4.78 is 41.3. The Kier molecular flexibility index (Phi) is 4.96. The van der Waals surface area contributed by atoms with Gasteiger partial charge in [0.15, 0.2) is 0 Å². The standard InChI is InChI=1S/C25H21F3N4O/c1-15-22-20(23(31(2)30-22)17-5-3-7-19(14-17)25(26,27)28)10-12-32(15)24(33)18-8-9-21-16(13-18)6-4-11-29-21/h3-9,11,13-15H,10,12H2,1-2H3/t15-/m0/s1. The molecule has 8 heteroatoms. The molecule has 1 amide bonds. The van der Waals surface area contributed by atoms with Crippen LogP contribution in [0.3, 0.4) is 0 Å². The van der Waals surface area contributed by atoms with Crippen molar-refractivity contribution in [3.05, 3.63) is 83.2 Å². The van der Waals surface area contributed by atoms with Gasteiger partial charge >= 0.3 is 6.18 Å². The lowest BCUT2D eigenvalue weighted by Gasteiger charge is -2.33. The molecule has 0 aliphatic carbocycles. The van der Waals surface area contributed by atoms with E-state index < -0.39 is 11.7 Å². The third kappa shape index (κ3) is 3.65. The van der Waals surface area contributed by atoms with Crippen LogP contribution in [0.5, 0.6) is 0 Å². The highest BCUT2D eigenvalue weighted by atomic mass is 19.4. The van der Waals surface area contributed by atoms with E-state index in [1.165, 1.54) is 6.07 Å². The third-order valence-electron chi connectivity index (χ3n) is 6.22. The maximum Gasteiger partial charge on any atom is 0.416 e. The van der Waals surface area contributed by atoms with Gasteiger partial charge in [0.1, 0.15) is 0 Å². The molecule has 0 bridgehead atoms. The van der Waals surface area contributed by atoms with Gasteiger partial charge in [-0.05, 0) is 49.7 Å². The molecule has 33 heavy (non-hydrogen) atoms. The molecule has 0 fully saturated rings. The summed E-state index contributed by atoms with van der Waals surface area (Å²) in [6.45, 7) is 2.36. The molecule has 1 aliphatic rings. The predicted octanol–water partition coefficient (Wildman–Crippen LogP) is 5.41. The molecule has 5 nitrogen and oxygen atoms in total. The van der Waals surface area contributed by atoms with Crippen molar-refractivity contribution >= 4 is 16.8 Å². The van der Waals surface area contributed by atoms with Crippen molar-refractivity contribution < 1.29 is 18.0 Å². The van der Waals surface area contributed by atoms with Gasteiger partial charge in [0.05, 0.1) is 28.5 Å². The smallest absolute Gasteiger partial charge is 0.330 e. The van der Waals surface area contributed by atoms with Gasteiger partial charge in [0, 0.05) is 41.9 Å². The molecule has 168 valence electrons. The summed E-state index contributed by atoms with van der Waals surface area (Å²) in [5, 5.41) is 5.50. The molecule has 0 unspecified atom stereocenters. The maximum absolute atomic E-state index is 13.3. The Morgan fingerprint density at radius 1 is 1.09 bits per heavy atom. The highest BCUT2D eigenvalue weighted by Crippen LogP contribution is 2.38. The van der Waals surface area contributed by atoms with Crippen LogP contribution in [-0.4, -0.2) is 32.1 Å². The fourth-order valence-corrected chi connectivity index (χ4v) is 4.60. The Morgan fingerprint density at radius 2 is 1.91 bits per heavy atom.